The summed E-state index contributed by atoms with van der Waals surface area (Å²) in [6.45, 7) is 15.4. The molecule has 0 amide bonds. The van der Waals surface area contributed by atoms with Gasteiger partial charge in [0.15, 0.2) is 0 Å². The first-order valence-corrected chi connectivity index (χ1v) is 11.0. The van der Waals surface area contributed by atoms with Crippen LogP contribution < -0.4 is 0 Å². The SMILES string of the molecule is CC(C)(C)c1cc(C2SCCN2CCCBr)cc(C(C)(C)C)c1O. The van der Waals surface area contributed by atoms with E-state index in [0.717, 1.165) is 29.5 Å². The average molecular weight is 414 g/mol. The summed E-state index contributed by atoms with van der Waals surface area (Å²) < 4.78 is 0. The number of hydrogen-bond donors (Lipinski definition) is 1. The van der Waals surface area contributed by atoms with E-state index in [9.17, 15) is 5.11 Å². The molecule has 0 aromatic heterocycles. The maximum absolute atomic E-state index is 10.9. The van der Waals surface area contributed by atoms with E-state index in [1.807, 2.05) is 11.8 Å². The van der Waals surface area contributed by atoms with Crippen LogP contribution >= 0.6 is 27.7 Å². The van der Waals surface area contributed by atoms with Gasteiger partial charge in [0.25, 0.3) is 0 Å². The molecule has 2 nitrogen and oxygen atoms in total. The van der Waals surface area contributed by atoms with Gasteiger partial charge in [0, 0.05) is 24.2 Å². The summed E-state index contributed by atoms with van der Waals surface area (Å²) in [6.07, 6.45) is 1.17. The van der Waals surface area contributed by atoms with Crippen molar-refractivity contribution in [3.05, 3.63) is 28.8 Å². The molecule has 4 heteroatoms. The summed E-state index contributed by atoms with van der Waals surface area (Å²) in [6, 6.07) is 4.49. The van der Waals surface area contributed by atoms with Gasteiger partial charge in [-0.05, 0) is 46.1 Å². The first-order valence-electron chi connectivity index (χ1n) is 8.85. The Balaban J connectivity index is 2.50. The van der Waals surface area contributed by atoms with E-state index < -0.39 is 0 Å². The zero-order chi connectivity index (χ0) is 18.1. The van der Waals surface area contributed by atoms with E-state index in [1.54, 1.807) is 0 Å². The van der Waals surface area contributed by atoms with Crippen LogP contribution in [0.15, 0.2) is 12.1 Å². The van der Waals surface area contributed by atoms with Crippen LogP contribution in [0.1, 0.15) is 70.0 Å². The van der Waals surface area contributed by atoms with Crippen molar-refractivity contribution in [3.63, 3.8) is 0 Å². The van der Waals surface area contributed by atoms with Gasteiger partial charge in [-0.3, -0.25) is 4.90 Å². The Labute approximate surface area is 160 Å². The minimum atomic E-state index is -0.0654. The highest BCUT2D eigenvalue weighted by Crippen LogP contribution is 2.45. The van der Waals surface area contributed by atoms with E-state index in [1.165, 1.54) is 17.7 Å². The lowest BCUT2D eigenvalue weighted by Gasteiger charge is -2.31. The van der Waals surface area contributed by atoms with Crippen molar-refractivity contribution in [2.24, 2.45) is 0 Å². The zero-order valence-electron chi connectivity index (χ0n) is 15.9. The molecule has 1 saturated heterocycles. The molecule has 1 fully saturated rings. The number of phenols is 1. The standard InChI is InChI=1S/C20H32BrNOS/c1-19(2,3)15-12-14(13-16(17(15)23)20(4,5)6)18-22(9-7-8-21)10-11-24-18/h12-13,18,23H,7-11H2,1-6H3. The molecule has 2 rings (SSSR count). The molecular formula is C20H32BrNOS. The van der Waals surface area contributed by atoms with Crippen molar-refractivity contribution in [2.75, 3.05) is 24.2 Å². The molecule has 1 N–H and O–H groups in total. The fourth-order valence-corrected chi connectivity index (χ4v) is 4.81. The highest BCUT2D eigenvalue weighted by molar-refractivity contribution is 9.09. The van der Waals surface area contributed by atoms with Gasteiger partial charge in [0.1, 0.15) is 5.75 Å². The summed E-state index contributed by atoms with van der Waals surface area (Å²) in [7, 11) is 0. The molecule has 1 heterocycles. The van der Waals surface area contributed by atoms with Gasteiger partial charge >= 0.3 is 0 Å². The first kappa shape index (κ1) is 20.1. The molecule has 0 spiro atoms. The minimum absolute atomic E-state index is 0.0654. The molecular weight excluding hydrogens is 382 g/mol. The van der Waals surface area contributed by atoms with Crippen molar-refractivity contribution in [3.8, 4) is 5.75 Å². The summed E-state index contributed by atoms with van der Waals surface area (Å²) in [4.78, 5) is 2.58. The van der Waals surface area contributed by atoms with E-state index >= 15 is 0 Å². The molecule has 1 atom stereocenters. The van der Waals surface area contributed by atoms with Crippen LogP contribution in [0.5, 0.6) is 5.75 Å². The van der Waals surface area contributed by atoms with Crippen LogP contribution in [-0.2, 0) is 10.8 Å². The van der Waals surface area contributed by atoms with Crippen LogP contribution in [0.2, 0.25) is 0 Å². The average Bonchev–Trinajstić information content (AvgIpc) is 2.91. The van der Waals surface area contributed by atoms with Crippen molar-refractivity contribution < 1.29 is 5.11 Å². The molecule has 0 radical (unpaired) electrons. The van der Waals surface area contributed by atoms with E-state index in [0.29, 0.717) is 11.1 Å². The highest BCUT2D eigenvalue weighted by Gasteiger charge is 2.31. The van der Waals surface area contributed by atoms with E-state index in [2.05, 4.69) is 74.5 Å². The van der Waals surface area contributed by atoms with Crippen LogP contribution in [0.4, 0.5) is 0 Å². The number of benzene rings is 1. The largest absolute Gasteiger partial charge is 0.507 e. The molecule has 0 bridgehead atoms. The Kier molecular flexibility index (Phi) is 6.36. The van der Waals surface area contributed by atoms with Crippen molar-refractivity contribution in [2.45, 2.75) is 64.2 Å². The molecule has 1 aromatic carbocycles. The second kappa shape index (κ2) is 7.59. The second-order valence-corrected chi connectivity index (χ2v) is 10.7. The number of aromatic hydroxyl groups is 1. The molecule has 1 aliphatic rings. The van der Waals surface area contributed by atoms with Gasteiger partial charge < -0.3 is 5.11 Å². The third-order valence-electron chi connectivity index (χ3n) is 4.60. The fraction of sp³-hybridized carbons (Fsp3) is 0.700. The molecule has 24 heavy (non-hydrogen) atoms. The van der Waals surface area contributed by atoms with Crippen LogP contribution in [0.3, 0.4) is 0 Å². The lowest BCUT2D eigenvalue weighted by atomic mass is 9.78. The molecule has 1 aromatic rings. The van der Waals surface area contributed by atoms with Gasteiger partial charge in [-0.2, -0.15) is 0 Å². The quantitative estimate of drug-likeness (QED) is 0.628. The number of alkyl halides is 1. The lowest BCUT2D eigenvalue weighted by Crippen LogP contribution is -2.25. The van der Waals surface area contributed by atoms with Gasteiger partial charge in [0.2, 0.25) is 0 Å². The third-order valence-corrected chi connectivity index (χ3v) is 6.46. The molecule has 1 unspecified atom stereocenters. The van der Waals surface area contributed by atoms with Crippen LogP contribution in [0, 0.1) is 0 Å². The molecule has 0 aliphatic carbocycles. The second-order valence-electron chi connectivity index (χ2n) is 8.77. The molecule has 1 aliphatic heterocycles. The minimum Gasteiger partial charge on any atom is -0.507 e. The van der Waals surface area contributed by atoms with Gasteiger partial charge in [-0.1, -0.05) is 57.5 Å². The maximum atomic E-state index is 10.9. The Hall–Kier alpha value is -0.190. The van der Waals surface area contributed by atoms with Gasteiger partial charge in [-0.25, -0.2) is 0 Å². The predicted octanol–water partition coefficient (Wildman–Crippen LogP) is 5.82. The maximum Gasteiger partial charge on any atom is 0.123 e. The smallest absolute Gasteiger partial charge is 0.123 e. The summed E-state index contributed by atoms with van der Waals surface area (Å²) in [5.41, 5.74) is 3.35. The van der Waals surface area contributed by atoms with Crippen molar-refractivity contribution in [1.29, 1.82) is 0 Å². The predicted molar refractivity (Wildman–Crippen MR) is 111 cm³/mol. The summed E-state index contributed by atoms with van der Waals surface area (Å²) in [5.74, 6) is 1.66. The Morgan fingerprint density at radius 1 is 1.12 bits per heavy atom. The van der Waals surface area contributed by atoms with E-state index in [4.69, 9.17) is 0 Å². The van der Waals surface area contributed by atoms with E-state index in [-0.39, 0.29) is 10.8 Å². The number of phenolic OH excluding ortho intramolecular Hbond substituents is 1. The Bertz CT molecular complexity index is 539. The van der Waals surface area contributed by atoms with Crippen molar-refractivity contribution in [1.82, 2.24) is 4.90 Å². The van der Waals surface area contributed by atoms with Gasteiger partial charge in [-0.15, -0.1) is 11.8 Å². The lowest BCUT2D eigenvalue weighted by molar-refractivity contribution is 0.291. The number of halogens is 1. The first-order chi connectivity index (χ1) is 11.1. The van der Waals surface area contributed by atoms with Crippen LogP contribution in [-0.4, -0.2) is 34.2 Å². The number of thioether (sulfide) groups is 1. The number of nitrogens with zero attached hydrogens (tertiary/aromatic N) is 1. The molecule has 136 valence electrons. The fourth-order valence-electron chi connectivity index (χ4n) is 3.25. The Morgan fingerprint density at radius 3 is 2.12 bits per heavy atom. The number of rotatable bonds is 4. The number of hydrogen-bond acceptors (Lipinski definition) is 3. The third kappa shape index (κ3) is 4.50. The van der Waals surface area contributed by atoms with Gasteiger partial charge in [0.05, 0.1) is 5.37 Å². The van der Waals surface area contributed by atoms with Crippen molar-refractivity contribution >= 4 is 27.7 Å². The van der Waals surface area contributed by atoms with Crippen LogP contribution in [0.25, 0.3) is 0 Å². The monoisotopic (exact) mass is 413 g/mol. The molecule has 0 saturated carbocycles. The normalized spacial score (nSPS) is 19.9. The zero-order valence-corrected chi connectivity index (χ0v) is 18.4. The summed E-state index contributed by atoms with van der Waals surface area (Å²) in [5, 5.41) is 12.4. The summed E-state index contributed by atoms with van der Waals surface area (Å²) >= 11 is 5.58. The highest BCUT2D eigenvalue weighted by atomic mass is 79.9. The Morgan fingerprint density at radius 2 is 1.67 bits per heavy atom. The topological polar surface area (TPSA) is 23.5 Å².